The van der Waals surface area contributed by atoms with Crippen LogP contribution < -0.4 is 5.73 Å². The van der Waals surface area contributed by atoms with E-state index >= 15 is 0 Å². The molecule has 0 aromatic heterocycles. The zero-order chi connectivity index (χ0) is 14.8. The number of hydrogen-bond acceptors (Lipinski definition) is 2. The number of benzene rings is 1. The van der Waals surface area contributed by atoms with Crippen LogP contribution in [0.25, 0.3) is 0 Å². The van der Waals surface area contributed by atoms with Crippen LogP contribution in [0.5, 0.6) is 0 Å². The molecule has 2 rings (SSSR count). The minimum absolute atomic E-state index is 0. The summed E-state index contributed by atoms with van der Waals surface area (Å²) in [6.45, 7) is 5.00. The second-order valence-electron chi connectivity index (χ2n) is 6.42. The Kier molecular flexibility index (Phi) is 6.24. The summed E-state index contributed by atoms with van der Waals surface area (Å²) in [4.78, 5) is 14.2. The zero-order valence-corrected chi connectivity index (χ0v) is 14.1. The SMILES string of the molecule is CC(C)c1ccc(CN(C)C(=O)C2(N)CCCC2)cc1.Cl. The fourth-order valence-electron chi connectivity index (χ4n) is 2.95. The topological polar surface area (TPSA) is 46.3 Å². The van der Waals surface area contributed by atoms with Crippen LogP contribution in [0, 0.1) is 0 Å². The van der Waals surface area contributed by atoms with E-state index in [1.807, 2.05) is 7.05 Å². The van der Waals surface area contributed by atoms with Crippen LogP contribution in [0.2, 0.25) is 0 Å². The summed E-state index contributed by atoms with van der Waals surface area (Å²) in [5.74, 6) is 0.622. The van der Waals surface area contributed by atoms with Gasteiger partial charge in [-0.1, -0.05) is 51.0 Å². The highest BCUT2D eigenvalue weighted by Crippen LogP contribution is 2.29. The van der Waals surface area contributed by atoms with Crippen molar-refractivity contribution in [3.05, 3.63) is 35.4 Å². The molecule has 1 aliphatic rings. The molecule has 0 spiro atoms. The molecule has 0 aliphatic heterocycles. The first-order chi connectivity index (χ1) is 9.42. The summed E-state index contributed by atoms with van der Waals surface area (Å²) < 4.78 is 0. The van der Waals surface area contributed by atoms with Gasteiger partial charge < -0.3 is 10.6 Å². The minimum atomic E-state index is -0.618. The highest BCUT2D eigenvalue weighted by atomic mass is 35.5. The van der Waals surface area contributed by atoms with Gasteiger partial charge >= 0.3 is 0 Å². The van der Waals surface area contributed by atoms with Gasteiger partial charge in [-0.05, 0) is 29.9 Å². The van der Waals surface area contributed by atoms with E-state index in [4.69, 9.17) is 5.73 Å². The molecule has 0 bridgehead atoms. The quantitative estimate of drug-likeness (QED) is 0.925. The fourth-order valence-corrected chi connectivity index (χ4v) is 2.95. The van der Waals surface area contributed by atoms with E-state index in [9.17, 15) is 4.79 Å². The molecule has 0 heterocycles. The van der Waals surface area contributed by atoms with E-state index < -0.39 is 5.54 Å². The Morgan fingerprint density at radius 2 is 1.76 bits per heavy atom. The maximum atomic E-state index is 12.4. The van der Waals surface area contributed by atoms with E-state index in [2.05, 4.69) is 38.1 Å². The van der Waals surface area contributed by atoms with Gasteiger partial charge in [0, 0.05) is 13.6 Å². The lowest BCUT2D eigenvalue weighted by atomic mass is 9.97. The third-order valence-corrected chi connectivity index (χ3v) is 4.33. The van der Waals surface area contributed by atoms with Gasteiger partial charge in [0.2, 0.25) is 5.91 Å². The van der Waals surface area contributed by atoms with Crippen LogP contribution >= 0.6 is 12.4 Å². The average Bonchev–Trinajstić information content (AvgIpc) is 2.86. The third-order valence-electron chi connectivity index (χ3n) is 4.33. The number of hydrogen-bond donors (Lipinski definition) is 1. The molecule has 0 saturated heterocycles. The number of amides is 1. The molecule has 0 atom stereocenters. The van der Waals surface area contributed by atoms with E-state index in [0.717, 1.165) is 31.2 Å². The van der Waals surface area contributed by atoms with Crippen molar-refractivity contribution in [3.63, 3.8) is 0 Å². The van der Waals surface area contributed by atoms with Crippen LogP contribution in [-0.2, 0) is 11.3 Å². The largest absolute Gasteiger partial charge is 0.340 e. The Hall–Kier alpha value is -1.06. The minimum Gasteiger partial charge on any atom is -0.340 e. The number of carbonyl (C=O) groups excluding carboxylic acids is 1. The number of halogens is 1. The molecule has 1 aliphatic carbocycles. The lowest BCUT2D eigenvalue weighted by molar-refractivity contribution is -0.136. The van der Waals surface area contributed by atoms with Crippen molar-refractivity contribution in [2.45, 2.75) is 57.5 Å². The van der Waals surface area contributed by atoms with Crippen LogP contribution in [0.15, 0.2) is 24.3 Å². The van der Waals surface area contributed by atoms with Crippen molar-refractivity contribution in [2.24, 2.45) is 5.73 Å². The monoisotopic (exact) mass is 310 g/mol. The second-order valence-corrected chi connectivity index (χ2v) is 6.42. The number of nitrogens with two attached hydrogens (primary N) is 1. The van der Waals surface area contributed by atoms with Crippen molar-refractivity contribution < 1.29 is 4.79 Å². The maximum absolute atomic E-state index is 12.4. The fraction of sp³-hybridized carbons (Fsp3) is 0.588. The normalized spacial score (nSPS) is 16.6. The van der Waals surface area contributed by atoms with Crippen molar-refractivity contribution in [1.29, 1.82) is 0 Å². The summed E-state index contributed by atoms with van der Waals surface area (Å²) in [6.07, 6.45) is 3.78. The predicted molar refractivity (Wildman–Crippen MR) is 89.6 cm³/mol. The molecule has 21 heavy (non-hydrogen) atoms. The van der Waals surface area contributed by atoms with Gasteiger partial charge in [0.25, 0.3) is 0 Å². The summed E-state index contributed by atoms with van der Waals surface area (Å²) in [6, 6.07) is 8.51. The second kappa shape index (κ2) is 7.28. The lowest BCUT2D eigenvalue weighted by Crippen LogP contribution is -2.52. The molecule has 0 radical (unpaired) electrons. The van der Waals surface area contributed by atoms with Crippen LogP contribution in [0.3, 0.4) is 0 Å². The van der Waals surface area contributed by atoms with Crippen LogP contribution in [-0.4, -0.2) is 23.4 Å². The van der Waals surface area contributed by atoms with Crippen LogP contribution in [0.4, 0.5) is 0 Å². The van der Waals surface area contributed by atoms with E-state index in [0.29, 0.717) is 12.5 Å². The van der Waals surface area contributed by atoms with Crippen molar-refractivity contribution in [2.75, 3.05) is 7.05 Å². The molecule has 1 amide bonds. The molecule has 4 heteroatoms. The van der Waals surface area contributed by atoms with Gasteiger partial charge in [-0.15, -0.1) is 12.4 Å². The first-order valence-electron chi connectivity index (χ1n) is 7.56. The molecule has 1 aromatic rings. The van der Waals surface area contributed by atoms with E-state index in [1.165, 1.54) is 5.56 Å². The summed E-state index contributed by atoms with van der Waals surface area (Å²) >= 11 is 0. The molecule has 1 fully saturated rings. The number of likely N-dealkylation sites (N-methyl/N-ethyl adjacent to an activating group) is 1. The average molecular weight is 311 g/mol. The number of nitrogens with zero attached hydrogens (tertiary/aromatic N) is 1. The van der Waals surface area contributed by atoms with Crippen molar-refractivity contribution >= 4 is 18.3 Å². The predicted octanol–water partition coefficient (Wildman–Crippen LogP) is 3.46. The molecule has 1 saturated carbocycles. The van der Waals surface area contributed by atoms with E-state index in [1.54, 1.807) is 4.90 Å². The smallest absolute Gasteiger partial charge is 0.242 e. The number of carbonyl (C=O) groups is 1. The third kappa shape index (κ3) is 4.21. The summed E-state index contributed by atoms with van der Waals surface area (Å²) in [7, 11) is 1.85. The Balaban J connectivity index is 0.00000220. The van der Waals surface area contributed by atoms with Crippen LogP contribution in [0.1, 0.15) is 56.6 Å². The van der Waals surface area contributed by atoms with Crippen molar-refractivity contribution in [3.8, 4) is 0 Å². The lowest BCUT2D eigenvalue weighted by Gasteiger charge is -2.28. The molecule has 0 unspecified atom stereocenters. The molecule has 118 valence electrons. The van der Waals surface area contributed by atoms with Gasteiger partial charge in [-0.25, -0.2) is 0 Å². The highest BCUT2D eigenvalue weighted by Gasteiger charge is 2.38. The molecule has 2 N–H and O–H groups in total. The zero-order valence-electron chi connectivity index (χ0n) is 13.3. The first-order valence-corrected chi connectivity index (χ1v) is 7.56. The molecular weight excluding hydrogens is 284 g/mol. The highest BCUT2D eigenvalue weighted by molar-refractivity contribution is 5.86. The molecule has 3 nitrogen and oxygen atoms in total. The molecular formula is C17H27ClN2O. The van der Waals surface area contributed by atoms with Gasteiger partial charge in [0.15, 0.2) is 0 Å². The maximum Gasteiger partial charge on any atom is 0.242 e. The summed E-state index contributed by atoms with van der Waals surface area (Å²) in [5, 5.41) is 0. The Bertz CT molecular complexity index is 464. The van der Waals surface area contributed by atoms with E-state index in [-0.39, 0.29) is 18.3 Å². The Morgan fingerprint density at radius 3 is 2.24 bits per heavy atom. The van der Waals surface area contributed by atoms with Gasteiger partial charge in [0.05, 0.1) is 5.54 Å². The Labute approximate surface area is 134 Å². The summed E-state index contributed by atoms with van der Waals surface area (Å²) in [5.41, 5.74) is 8.10. The van der Waals surface area contributed by atoms with Gasteiger partial charge in [0.1, 0.15) is 0 Å². The first kappa shape index (κ1) is 18.0. The number of rotatable bonds is 4. The van der Waals surface area contributed by atoms with Gasteiger partial charge in [-0.3, -0.25) is 4.79 Å². The Morgan fingerprint density at radius 1 is 1.24 bits per heavy atom. The standard InChI is InChI=1S/C17H26N2O.ClH/c1-13(2)15-8-6-14(7-9-15)12-19(3)16(20)17(18)10-4-5-11-17;/h6-9,13H,4-5,10-12,18H2,1-3H3;1H. The van der Waals surface area contributed by atoms with Crippen molar-refractivity contribution in [1.82, 2.24) is 4.90 Å². The van der Waals surface area contributed by atoms with Gasteiger partial charge in [-0.2, -0.15) is 0 Å². The molecule has 1 aromatic carbocycles.